The molecular formula is C69H84F3N3O6. The zero-order valence-electron chi connectivity index (χ0n) is 50.1. The van der Waals surface area contributed by atoms with Crippen molar-refractivity contribution in [3.8, 4) is 0 Å². The number of halogens is 3. The second kappa shape index (κ2) is 23.3. The van der Waals surface area contributed by atoms with Crippen molar-refractivity contribution in [1.29, 1.82) is 0 Å². The Morgan fingerprint density at radius 2 is 0.556 bits per heavy atom. The van der Waals surface area contributed by atoms with Crippen LogP contribution >= 0.6 is 0 Å². The number of benzene rings is 6. The standard InChI is InChI=1S/3C23H28FNO2/c3*1-14-6-9-19(18(24)12-14)25-21(27)20(26)15-7-8-16-17(13-15)23(4,5)11-10-22(16,2)3/h3*6-9,12-13,20,26H,10-11H2,1-5H3,(H,25,27)/t2*20-;/m10./s1. The lowest BCUT2D eigenvalue weighted by atomic mass is 9.63. The van der Waals surface area contributed by atoms with Crippen LogP contribution in [0.15, 0.2) is 109 Å². The number of amides is 3. The van der Waals surface area contributed by atoms with Crippen molar-refractivity contribution in [1.82, 2.24) is 0 Å². The molecule has 1 unspecified atom stereocenters. The van der Waals surface area contributed by atoms with Crippen LogP contribution < -0.4 is 16.0 Å². The zero-order chi connectivity index (χ0) is 59.9. The van der Waals surface area contributed by atoms with Gasteiger partial charge < -0.3 is 31.3 Å². The lowest BCUT2D eigenvalue weighted by molar-refractivity contribution is -0.124. The van der Waals surface area contributed by atoms with E-state index in [4.69, 9.17) is 0 Å². The monoisotopic (exact) mass is 1110 g/mol. The van der Waals surface area contributed by atoms with Crippen LogP contribution in [0.5, 0.6) is 0 Å². The predicted octanol–water partition coefficient (Wildman–Crippen LogP) is 15.5. The van der Waals surface area contributed by atoms with Gasteiger partial charge in [0.1, 0.15) is 17.5 Å². The third kappa shape index (κ3) is 13.8. The number of rotatable bonds is 9. The Bertz CT molecular complexity index is 3010. The van der Waals surface area contributed by atoms with Gasteiger partial charge in [0, 0.05) is 0 Å². The third-order valence-electron chi connectivity index (χ3n) is 17.5. The molecule has 12 heteroatoms. The summed E-state index contributed by atoms with van der Waals surface area (Å²) in [6, 6.07) is 31.0. The van der Waals surface area contributed by atoms with E-state index in [9.17, 15) is 42.9 Å². The van der Waals surface area contributed by atoms with E-state index < -0.39 is 53.5 Å². The van der Waals surface area contributed by atoms with E-state index >= 15 is 0 Å². The van der Waals surface area contributed by atoms with Gasteiger partial charge in [-0.3, -0.25) is 14.4 Å². The Balaban J connectivity index is 0.000000175. The number of hydrogen-bond acceptors (Lipinski definition) is 6. The number of aliphatic hydroxyl groups is 3. The minimum atomic E-state index is -1.35. The topological polar surface area (TPSA) is 148 Å². The van der Waals surface area contributed by atoms with Gasteiger partial charge in [-0.2, -0.15) is 0 Å². The molecule has 9 rings (SSSR count). The molecule has 9 nitrogen and oxygen atoms in total. The molecule has 6 aromatic rings. The highest BCUT2D eigenvalue weighted by atomic mass is 19.1. The molecule has 81 heavy (non-hydrogen) atoms. The molecule has 6 aromatic carbocycles. The molecule has 0 heterocycles. The average molecular weight is 1110 g/mol. The highest BCUT2D eigenvalue weighted by Crippen LogP contribution is 2.49. The summed E-state index contributed by atoms with van der Waals surface area (Å²) in [6.07, 6.45) is 2.39. The Morgan fingerprint density at radius 3 is 0.765 bits per heavy atom. The molecule has 0 aromatic heterocycles. The number of nitrogens with one attached hydrogen (secondary N) is 3. The van der Waals surface area contributed by atoms with E-state index in [2.05, 4.69) is 99.0 Å². The predicted molar refractivity (Wildman–Crippen MR) is 319 cm³/mol. The number of anilines is 3. The van der Waals surface area contributed by atoms with E-state index in [-0.39, 0.29) is 49.6 Å². The lowest BCUT2D eigenvalue weighted by Crippen LogP contribution is -2.34. The summed E-state index contributed by atoms with van der Waals surface area (Å²) in [5, 5.41) is 39.2. The van der Waals surface area contributed by atoms with E-state index in [0.29, 0.717) is 16.7 Å². The maximum atomic E-state index is 14.0. The summed E-state index contributed by atoms with van der Waals surface area (Å²) in [7, 11) is 0. The van der Waals surface area contributed by atoms with Gasteiger partial charge in [-0.05, 0) is 195 Å². The van der Waals surface area contributed by atoms with Gasteiger partial charge in [0.05, 0.1) is 17.1 Å². The van der Waals surface area contributed by atoms with Crippen LogP contribution in [0.25, 0.3) is 0 Å². The maximum Gasteiger partial charge on any atom is 0.257 e. The van der Waals surface area contributed by atoms with Crippen LogP contribution in [0.1, 0.15) is 207 Å². The van der Waals surface area contributed by atoms with E-state index in [1.54, 1.807) is 57.2 Å². The number of aliphatic hydroxyl groups excluding tert-OH is 3. The fourth-order valence-electron chi connectivity index (χ4n) is 11.6. The largest absolute Gasteiger partial charge is 0.378 e. The van der Waals surface area contributed by atoms with Crippen LogP contribution in [0, 0.1) is 38.2 Å². The van der Waals surface area contributed by atoms with Gasteiger partial charge in [0.2, 0.25) is 0 Å². The molecule has 3 atom stereocenters. The SMILES string of the molecule is Cc1ccc(NC(=O)C(O)c2ccc3c(c2)C(C)(C)CCC3(C)C)c(F)c1.Cc1ccc(NC(=O)[C@@H](O)c2ccc3c(c2)C(C)(C)CCC3(C)C)c(F)c1.Cc1ccc(NC(=O)[C@H](O)c2ccc3c(c2)C(C)(C)CCC3(C)C)c(F)c1. The molecule has 0 bridgehead atoms. The summed E-state index contributed by atoms with van der Waals surface area (Å²) < 4.78 is 42.0. The molecule has 432 valence electrons. The summed E-state index contributed by atoms with van der Waals surface area (Å²) in [5.41, 5.74) is 11.6. The molecule has 6 N–H and O–H groups in total. The normalized spacial score (nSPS) is 18.5. The van der Waals surface area contributed by atoms with E-state index in [1.807, 2.05) is 36.4 Å². The molecular weight excluding hydrogens is 1020 g/mol. The summed E-state index contributed by atoms with van der Waals surface area (Å²) in [5.74, 6) is -3.43. The van der Waals surface area contributed by atoms with Crippen molar-refractivity contribution in [3.05, 3.63) is 193 Å². The highest BCUT2D eigenvalue weighted by molar-refractivity contribution is 5.96. The number of carbonyl (C=O) groups is 3. The van der Waals surface area contributed by atoms with Crippen LogP contribution in [0.4, 0.5) is 30.2 Å². The third-order valence-corrected chi connectivity index (χ3v) is 17.5. The minimum Gasteiger partial charge on any atom is -0.378 e. The van der Waals surface area contributed by atoms with Crippen molar-refractivity contribution in [2.24, 2.45) is 0 Å². The quantitative estimate of drug-likeness (QED) is 0.0850. The first-order chi connectivity index (χ1) is 37.5. The van der Waals surface area contributed by atoms with E-state index in [0.717, 1.165) is 55.2 Å². The molecule has 0 radical (unpaired) electrons. The maximum absolute atomic E-state index is 14.0. The van der Waals surface area contributed by atoms with Crippen LogP contribution in [0.3, 0.4) is 0 Å². The first-order valence-electron chi connectivity index (χ1n) is 28.2. The second-order valence-electron chi connectivity index (χ2n) is 26.8. The fraction of sp³-hybridized carbons (Fsp3) is 0.435. The molecule has 0 saturated carbocycles. The molecule has 0 saturated heterocycles. The van der Waals surface area contributed by atoms with Crippen LogP contribution in [-0.2, 0) is 46.9 Å². The number of hydrogen-bond donors (Lipinski definition) is 6. The number of carbonyl (C=O) groups excluding carboxylic acids is 3. The smallest absolute Gasteiger partial charge is 0.257 e. The molecule has 3 amide bonds. The van der Waals surface area contributed by atoms with Gasteiger partial charge in [0.15, 0.2) is 18.3 Å². The number of aryl methyl sites for hydroxylation is 3. The minimum absolute atomic E-state index is 0.0138. The molecule has 3 aliphatic carbocycles. The average Bonchev–Trinajstić information content (AvgIpc) is 3.61. The number of fused-ring (bicyclic) bond motifs is 3. The van der Waals surface area contributed by atoms with Crippen molar-refractivity contribution in [3.63, 3.8) is 0 Å². The summed E-state index contributed by atoms with van der Waals surface area (Å²) in [6.45, 7) is 31.9. The van der Waals surface area contributed by atoms with Crippen molar-refractivity contribution < 1.29 is 42.9 Å². The molecule has 0 spiro atoms. The van der Waals surface area contributed by atoms with Gasteiger partial charge in [0.25, 0.3) is 17.7 Å². The highest BCUT2D eigenvalue weighted by Gasteiger charge is 2.40. The van der Waals surface area contributed by atoms with Crippen LogP contribution in [-0.4, -0.2) is 33.0 Å². The Labute approximate surface area is 478 Å². The first-order valence-corrected chi connectivity index (χ1v) is 28.2. The van der Waals surface area contributed by atoms with Gasteiger partial charge in [-0.1, -0.05) is 156 Å². The van der Waals surface area contributed by atoms with Gasteiger partial charge >= 0.3 is 0 Å². The Morgan fingerprint density at radius 1 is 0.346 bits per heavy atom. The summed E-state index contributed by atoms with van der Waals surface area (Å²) >= 11 is 0. The Kier molecular flexibility index (Phi) is 17.9. The van der Waals surface area contributed by atoms with Crippen LogP contribution in [0.2, 0.25) is 0 Å². The second-order valence-corrected chi connectivity index (χ2v) is 26.8. The van der Waals surface area contributed by atoms with Crippen molar-refractivity contribution in [2.45, 2.75) is 193 Å². The molecule has 0 fully saturated rings. The van der Waals surface area contributed by atoms with Crippen molar-refractivity contribution >= 4 is 34.8 Å². The van der Waals surface area contributed by atoms with Crippen molar-refractivity contribution in [2.75, 3.05) is 16.0 Å². The molecule has 0 aliphatic heterocycles. The van der Waals surface area contributed by atoms with Gasteiger partial charge in [-0.15, -0.1) is 0 Å². The fourth-order valence-corrected chi connectivity index (χ4v) is 11.6. The van der Waals surface area contributed by atoms with E-state index in [1.165, 1.54) is 69.8 Å². The summed E-state index contributed by atoms with van der Waals surface area (Å²) in [4.78, 5) is 37.4. The van der Waals surface area contributed by atoms with Gasteiger partial charge in [-0.25, -0.2) is 13.2 Å². The zero-order valence-corrected chi connectivity index (χ0v) is 50.1. The molecule has 3 aliphatic rings. The first kappa shape index (κ1) is 62.0. The Hall–Kier alpha value is -6.60. The lowest BCUT2D eigenvalue weighted by Gasteiger charge is -2.42.